The molecule has 102 valence electrons. The first kappa shape index (κ1) is 12.7. The van der Waals surface area contributed by atoms with Crippen LogP contribution in [0.1, 0.15) is 11.1 Å². The summed E-state index contributed by atoms with van der Waals surface area (Å²) in [5.74, 6) is 0.616. The maximum Gasteiger partial charge on any atom is 0.191 e. The second-order valence-corrected chi connectivity index (χ2v) is 5.29. The van der Waals surface area contributed by atoms with Crippen molar-refractivity contribution in [3.63, 3.8) is 0 Å². The van der Waals surface area contributed by atoms with Crippen LogP contribution in [-0.2, 0) is 12.0 Å². The van der Waals surface area contributed by atoms with Crippen LogP contribution < -0.4 is 5.73 Å². The minimum atomic E-state index is -0.174. The summed E-state index contributed by atoms with van der Waals surface area (Å²) >= 11 is 0. The van der Waals surface area contributed by atoms with Gasteiger partial charge in [-0.15, -0.1) is 0 Å². The molecule has 3 nitrogen and oxygen atoms in total. The van der Waals surface area contributed by atoms with Gasteiger partial charge >= 0.3 is 0 Å². The highest BCUT2D eigenvalue weighted by Gasteiger charge is 2.41. The predicted molar refractivity (Wildman–Crippen MR) is 82.5 cm³/mol. The van der Waals surface area contributed by atoms with Crippen molar-refractivity contribution in [3.8, 4) is 0 Å². The fourth-order valence-corrected chi connectivity index (χ4v) is 2.89. The molecule has 0 radical (unpaired) electrons. The molecule has 2 aromatic carbocycles. The molecular weight excluding hydrogens is 246 g/mol. The molecule has 3 heteroatoms. The van der Waals surface area contributed by atoms with Crippen LogP contribution in [0.2, 0.25) is 0 Å². The zero-order valence-electron chi connectivity index (χ0n) is 11.7. The molecule has 0 saturated heterocycles. The van der Waals surface area contributed by atoms with E-state index in [4.69, 9.17) is 5.73 Å². The van der Waals surface area contributed by atoms with Crippen LogP contribution >= 0.6 is 0 Å². The fraction of sp³-hybridized carbons (Fsp3) is 0.235. The number of hydrogen-bond acceptors (Lipinski definition) is 3. The lowest BCUT2D eigenvalue weighted by atomic mass is 9.83. The normalized spacial score (nSPS) is 21.9. The van der Waals surface area contributed by atoms with E-state index in [-0.39, 0.29) is 5.54 Å². The Kier molecular flexibility index (Phi) is 3.18. The van der Waals surface area contributed by atoms with E-state index in [0.717, 1.165) is 6.42 Å². The molecule has 0 aliphatic carbocycles. The molecule has 20 heavy (non-hydrogen) atoms. The lowest BCUT2D eigenvalue weighted by molar-refractivity contribution is 0.237. The predicted octanol–water partition coefficient (Wildman–Crippen LogP) is 2.38. The molecule has 1 atom stereocenters. The summed E-state index contributed by atoms with van der Waals surface area (Å²) in [6.45, 7) is 0.703. The van der Waals surface area contributed by atoms with Crippen molar-refractivity contribution in [2.45, 2.75) is 12.0 Å². The molecule has 0 fully saturated rings. The van der Waals surface area contributed by atoms with Crippen LogP contribution in [0.5, 0.6) is 0 Å². The van der Waals surface area contributed by atoms with Gasteiger partial charge in [-0.2, -0.15) is 0 Å². The Hall–Kier alpha value is -2.29. The number of likely N-dealkylation sites (N-methyl/N-ethyl adjacent to an activating group) is 1. The van der Waals surface area contributed by atoms with Crippen molar-refractivity contribution < 1.29 is 0 Å². The maximum absolute atomic E-state index is 6.02. The van der Waals surface area contributed by atoms with Crippen molar-refractivity contribution in [3.05, 3.63) is 71.8 Å². The Morgan fingerprint density at radius 2 is 1.65 bits per heavy atom. The first-order chi connectivity index (χ1) is 9.72. The zero-order valence-corrected chi connectivity index (χ0v) is 11.7. The fourth-order valence-electron chi connectivity index (χ4n) is 2.89. The van der Waals surface area contributed by atoms with Gasteiger partial charge < -0.3 is 10.6 Å². The first-order valence-electron chi connectivity index (χ1n) is 6.85. The second-order valence-electron chi connectivity index (χ2n) is 5.29. The third-order valence-electron chi connectivity index (χ3n) is 4.14. The van der Waals surface area contributed by atoms with Crippen LogP contribution in [0.15, 0.2) is 65.7 Å². The molecule has 1 aliphatic rings. The number of aliphatic imine (C=N–C) groups is 1. The molecule has 3 rings (SSSR count). The summed E-state index contributed by atoms with van der Waals surface area (Å²) in [7, 11) is 2.03. The van der Waals surface area contributed by atoms with Gasteiger partial charge in [0.25, 0.3) is 0 Å². The summed E-state index contributed by atoms with van der Waals surface area (Å²) in [4.78, 5) is 6.57. The zero-order chi connectivity index (χ0) is 14.0. The third-order valence-corrected chi connectivity index (χ3v) is 4.14. The lowest BCUT2D eigenvalue weighted by Gasteiger charge is -2.37. The average Bonchev–Trinajstić information content (AvgIpc) is 2.79. The molecule has 0 amide bonds. The smallest absolute Gasteiger partial charge is 0.191 e. The van der Waals surface area contributed by atoms with Crippen LogP contribution in [0.3, 0.4) is 0 Å². The number of hydrogen-bond donors (Lipinski definition) is 1. The Labute approximate surface area is 119 Å². The van der Waals surface area contributed by atoms with Gasteiger partial charge in [0, 0.05) is 13.5 Å². The number of benzene rings is 2. The average molecular weight is 265 g/mol. The number of guanidine groups is 1. The Morgan fingerprint density at radius 3 is 2.20 bits per heavy atom. The highest BCUT2D eigenvalue weighted by molar-refractivity contribution is 5.81. The lowest BCUT2D eigenvalue weighted by Crippen LogP contribution is -2.48. The van der Waals surface area contributed by atoms with Crippen LogP contribution in [0.4, 0.5) is 0 Å². The van der Waals surface area contributed by atoms with Crippen molar-refractivity contribution in [1.29, 1.82) is 0 Å². The first-order valence-corrected chi connectivity index (χ1v) is 6.85. The van der Waals surface area contributed by atoms with Gasteiger partial charge in [0.2, 0.25) is 0 Å². The largest absolute Gasteiger partial charge is 0.370 e. The highest BCUT2D eigenvalue weighted by Crippen LogP contribution is 2.35. The molecule has 2 N–H and O–H groups in total. The Balaban J connectivity index is 2.02. The highest BCUT2D eigenvalue weighted by atomic mass is 15.3. The maximum atomic E-state index is 6.02. The summed E-state index contributed by atoms with van der Waals surface area (Å²) in [5, 5.41) is 0. The van der Waals surface area contributed by atoms with Gasteiger partial charge in [-0.05, 0) is 11.1 Å². The minimum absolute atomic E-state index is 0.174. The molecule has 1 heterocycles. The van der Waals surface area contributed by atoms with Crippen molar-refractivity contribution in [2.75, 3.05) is 13.6 Å². The number of nitrogens with two attached hydrogens (primary N) is 1. The molecule has 1 unspecified atom stereocenters. The SMILES string of the molecule is CN1C(N)=NCC1(Cc1ccccc1)c1ccccc1. The van der Waals surface area contributed by atoms with E-state index < -0.39 is 0 Å². The van der Waals surface area contributed by atoms with E-state index in [1.807, 2.05) is 19.2 Å². The monoisotopic (exact) mass is 265 g/mol. The summed E-state index contributed by atoms with van der Waals surface area (Å²) in [6.07, 6.45) is 0.901. The molecule has 0 spiro atoms. The number of rotatable bonds is 3. The van der Waals surface area contributed by atoms with Gasteiger partial charge in [-0.25, -0.2) is 0 Å². The third kappa shape index (κ3) is 2.05. The van der Waals surface area contributed by atoms with Crippen LogP contribution in [0, 0.1) is 0 Å². The molecular formula is C17H19N3. The van der Waals surface area contributed by atoms with Crippen molar-refractivity contribution in [1.82, 2.24) is 4.90 Å². The van der Waals surface area contributed by atoms with Crippen molar-refractivity contribution >= 4 is 5.96 Å². The summed E-state index contributed by atoms with van der Waals surface area (Å²) in [5.41, 5.74) is 8.41. The molecule has 0 bridgehead atoms. The van der Waals surface area contributed by atoms with Gasteiger partial charge in [0.15, 0.2) is 5.96 Å². The van der Waals surface area contributed by atoms with E-state index in [0.29, 0.717) is 12.5 Å². The van der Waals surface area contributed by atoms with Gasteiger partial charge in [0.1, 0.15) is 0 Å². The van der Waals surface area contributed by atoms with E-state index in [9.17, 15) is 0 Å². The standard InChI is InChI=1S/C17H19N3/c1-20-16(18)19-13-17(20,15-10-6-3-7-11-15)12-14-8-4-2-5-9-14/h2-11H,12-13H2,1H3,(H2,18,19). The van der Waals surface area contributed by atoms with Gasteiger partial charge in [0.05, 0.1) is 12.1 Å². The van der Waals surface area contributed by atoms with Gasteiger partial charge in [-0.3, -0.25) is 4.99 Å². The van der Waals surface area contributed by atoms with Gasteiger partial charge in [-0.1, -0.05) is 60.7 Å². The van der Waals surface area contributed by atoms with E-state index in [1.165, 1.54) is 11.1 Å². The molecule has 0 saturated carbocycles. The Bertz CT molecular complexity index is 607. The van der Waals surface area contributed by atoms with E-state index in [2.05, 4.69) is 58.4 Å². The topological polar surface area (TPSA) is 41.6 Å². The quantitative estimate of drug-likeness (QED) is 0.925. The summed E-state index contributed by atoms with van der Waals surface area (Å²) in [6, 6.07) is 21.0. The van der Waals surface area contributed by atoms with Crippen molar-refractivity contribution in [2.24, 2.45) is 10.7 Å². The molecule has 2 aromatic rings. The molecule has 1 aliphatic heterocycles. The summed E-state index contributed by atoms with van der Waals surface area (Å²) < 4.78 is 0. The van der Waals surface area contributed by atoms with Crippen LogP contribution in [-0.4, -0.2) is 24.5 Å². The molecule has 0 aromatic heterocycles. The Morgan fingerprint density at radius 1 is 1.05 bits per heavy atom. The minimum Gasteiger partial charge on any atom is -0.370 e. The number of nitrogens with zero attached hydrogens (tertiary/aromatic N) is 2. The van der Waals surface area contributed by atoms with E-state index in [1.54, 1.807) is 0 Å². The van der Waals surface area contributed by atoms with E-state index >= 15 is 0 Å². The van der Waals surface area contributed by atoms with Crippen LogP contribution in [0.25, 0.3) is 0 Å². The second kappa shape index (κ2) is 5.00.